The number of nitrogen functional groups attached to an aromatic ring is 1. The van der Waals surface area contributed by atoms with Gasteiger partial charge in [-0.05, 0) is 30.3 Å². The minimum atomic E-state index is -0.308. The smallest absolute Gasteiger partial charge is 0.162 e. The van der Waals surface area contributed by atoms with Gasteiger partial charge in [-0.3, -0.25) is 0 Å². The van der Waals surface area contributed by atoms with Crippen LogP contribution in [-0.2, 0) is 6.61 Å². The van der Waals surface area contributed by atoms with Crippen molar-refractivity contribution >= 4 is 21.6 Å². The van der Waals surface area contributed by atoms with E-state index in [0.29, 0.717) is 22.7 Å². The van der Waals surface area contributed by atoms with E-state index in [1.54, 1.807) is 30.3 Å². The molecule has 0 bridgehead atoms. The fourth-order valence-electron chi connectivity index (χ4n) is 1.61. The van der Waals surface area contributed by atoms with Gasteiger partial charge in [-0.15, -0.1) is 0 Å². The molecule has 0 heterocycles. The largest absolute Gasteiger partial charge is 0.493 e. The zero-order valence-corrected chi connectivity index (χ0v) is 11.9. The zero-order chi connectivity index (χ0) is 13.8. The second kappa shape index (κ2) is 5.93. The lowest BCUT2D eigenvalue weighted by Crippen LogP contribution is -2.00. The number of nitrogens with two attached hydrogens (primary N) is 1. The monoisotopic (exact) mass is 325 g/mol. The van der Waals surface area contributed by atoms with Crippen molar-refractivity contribution in [3.8, 4) is 11.5 Å². The van der Waals surface area contributed by atoms with Gasteiger partial charge in [-0.25, -0.2) is 4.39 Å². The lowest BCUT2D eigenvalue weighted by molar-refractivity contribution is 0.280. The van der Waals surface area contributed by atoms with Crippen molar-refractivity contribution in [1.82, 2.24) is 0 Å². The standard InChI is InChI=1S/C14H13BrFNO2/c1-18-14-7-11(17)3-5-13(14)19-8-9-6-10(15)2-4-12(9)16/h2-7H,8,17H2,1H3. The molecule has 0 aliphatic carbocycles. The van der Waals surface area contributed by atoms with Gasteiger partial charge in [0.15, 0.2) is 11.5 Å². The number of hydrogen-bond acceptors (Lipinski definition) is 3. The van der Waals surface area contributed by atoms with E-state index in [0.717, 1.165) is 4.47 Å². The molecule has 0 fully saturated rings. The molecule has 0 radical (unpaired) electrons. The Balaban J connectivity index is 2.16. The van der Waals surface area contributed by atoms with E-state index in [9.17, 15) is 4.39 Å². The molecule has 0 aromatic heterocycles. The second-order valence-corrected chi connectivity index (χ2v) is 4.85. The molecule has 2 aromatic rings. The Hall–Kier alpha value is -1.75. The summed E-state index contributed by atoms with van der Waals surface area (Å²) in [5.74, 6) is 0.740. The van der Waals surface area contributed by atoms with E-state index in [2.05, 4.69) is 15.9 Å². The SMILES string of the molecule is COc1cc(N)ccc1OCc1cc(Br)ccc1F. The maximum absolute atomic E-state index is 13.6. The van der Waals surface area contributed by atoms with Gasteiger partial charge in [0, 0.05) is 21.8 Å². The molecule has 2 N–H and O–H groups in total. The number of anilines is 1. The quantitative estimate of drug-likeness (QED) is 0.870. The van der Waals surface area contributed by atoms with Gasteiger partial charge in [-0.2, -0.15) is 0 Å². The minimum Gasteiger partial charge on any atom is -0.493 e. The molecule has 0 atom stereocenters. The molecule has 3 nitrogen and oxygen atoms in total. The van der Waals surface area contributed by atoms with Gasteiger partial charge in [0.05, 0.1) is 7.11 Å². The van der Waals surface area contributed by atoms with Gasteiger partial charge in [0.2, 0.25) is 0 Å². The van der Waals surface area contributed by atoms with Crippen LogP contribution in [0.25, 0.3) is 0 Å². The molecular weight excluding hydrogens is 313 g/mol. The highest BCUT2D eigenvalue weighted by atomic mass is 79.9. The van der Waals surface area contributed by atoms with Gasteiger partial charge >= 0.3 is 0 Å². The van der Waals surface area contributed by atoms with Crippen LogP contribution in [0.5, 0.6) is 11.5 Å². The van der Waals surface area contributed by atoms with Gasteiger partial charge in [0.1, 0.15) is 12.4 Å². The molecular formula is C14H13BrFNO2. The third-order valence-corrected chi connectivity index (χ3v) is 3.07. The van der Waals surface area contributed by atoms with Crippen LogP contribution in [0.2, 0.25) is 0 Å². The summed E-state index contributed by atoms with van der Waals surface area (Å²) in [6, 6.07) is 9.77. The predicted octanol–water partition coefficient (Wildman–Crippen LogP) is 3.76. The number of benzene rings is 2. The van der Waals surface area contributed by atoms with Gasteiger partial charge < -0.3 is 15.2 Å². The van der Waals surface area contributed by atoms with Gasteiger partial charge in [0.25, 0.3) is 0 Å². The molecule has 0 spiro atoms. The van der Waals surface area contributed by atoms with E-state index >= 15 is 0 Å². The van der Waals surface area contributed by atoms with Crippen LogP contribution in [0.15, 0.2) is 40.9 Å². The van der Waals surface area contributed by atoms with E-state index in [-0.39, 0.29) is 12.4 Å². The van der Waals surface area contributed by atoms with Crippen molar-refractivity contribution < 1.29 is 13.9 Å². The van der Waals surface area contributed by atoms with Crippen molar-refractivity contribution in [3.63, 3.8) is 0 Å². The van der Waals surface area contributed by atoms with E-state index in [4.69, 9.17) is 15.2 Å². The Labute approximate surface area is 119 Å². The first-order chi connectivity index (χ1) is 9.10. The highest BCUT2D eigenvalue weighted by Gasteiger charge is 2.08. The molecule has 2 rings (SSSR count). The first kappa shape index (κ1) is 13.7. The molecule has 0 unspecified atom stereocenters. The molecule has 100 valence electrons. The Kier molecular flexibility index (Phi) is 4.27. The van der Waals surface area contributed by atoms with Gasteiger partial charge in [-0.1, -0.05) is 15.9 Å². The Morgan fingerprint density at radius 3 is 2.68 bits per heavy atom. The van der Waals surface area contributed by atoms with Crippen molar-refractivity contribution in [2.45, 2.75) is 6.61 Å². The first-order valence-electron chi connectivity index (χ1n) is 5.60. The summed E-state index contributed by atoms with van der Waals surface area (Å²) in [5, 5.41) is 0. The highest BCUT2D eigenvalue weighted by molar-refractivity contribution is 9.10. The van der Waals surface area contributed by atoms with Crippen LogP contribution in [0.3, 0.4) is 0 Å². The van der Waals surface area contributed by atoms with E-state index in [1.807, 2.05) is 0 Å². The predicted molar refractivity (Wildman–Crippen MR) is 75.8 cm³/mol. The summed E-state index contributed by atoms with van der Waals surface area (Å²) in [7, 11) is 1.53. The number of ether oxygens (including phenoxy) is 2. The minimum absolute atomic E-state index is 0.117. The second-order valence-electron chi connectivity index (χ2n) is 3.93. The lowest BCUT2D eigenvalue weighted by atomic mass is 10.2. The molecule has 2 aromatic carbocycles. The van der Waals surface area contributed by atoms with Crippen LogP contribution in [-0.4, -0.2) is 7.11 Å². The van der Waals surface area contributed by atoms with E-state index < -0.39 is 0 Å². The summed E-state index contributed by atoms with van der Waals surface area (Å²) >= 11 is 3.30. The fraction of sp³-hybridized carbons (Fsp3) is 0.143. The van der Waals surface area contributed by atoms with Crippen LogP contribution in [0, 0.1) is 5.82 Å². The number of halogens is 2. The summed E-state index contributed by atoms with van der Waals surface area (Å²) in [4.78, 5) is 0. The van der Waals surface area contributed by atoms with Crippen LogP contribution in [0.1, 0.15) is 5.56 Å². The first-order valence-corrected chi connectivity index (χ1v) is 6.39. The summed E-state index contributed by atoms with van der Waals surface area (Å²) < 4.78 is 25.1. The molecule has 0 saturated heterocycles. The third kappa shape index (κ3) is 3.38. The molecule has 0 saturated carbocycles. The van der Waals surface area contributed by atoms with Crippen molar-refractivity contribution in [3.05, 3.63) is 52.3 Å². The highest BCUT2D eigenvalue weighted by Crippen LogP contribution is 2.30. The lowest BCUT2D eigenvalue weighted by Gasteiger charge is -2.11. The van der Waals surface area contributed by atoms with Crippen LogP contribution in [0.4, 0.5) is 10.1 Å². The molecule has 0 aliphatic rings. The van der Waals surface area contributed by atoms with Crippen molar-refractivity contribution in [2.24, 2.45) is 0 Å². The number of rotatable bonds is 4. The number of hydrogen-bond donors (Lipinski definition) is 1. The maximum atomic E-state index is 13.6. The van der Waals surface area contributed by atoms with Crippen LogP contribution < -0.4 is 15.2 Å². The normalized spacial score (nSPS) is 10.3. The van der Waals surface area contributed by atoms with Crippen LogP contribution >= 0.6 is 15.9 Å². The molecule has 19 heavy (non-hydrogen) atoms. The maximum Gasteiger partial charge on any atom is 0.162 e. The Morgan fingerprint density at radius 1 is 1.16 bits per heavy atom. The van der Waals surface area contributed by atoms with Crippen molar-refractivity contribution in [1.29, 1.82) is 0 Å². The van der Waals surface area contributed by atoms with Crippen molar-refractivity contribution in [2.75, 3.05) is 12.8 Å². The molecule has 5 heteroatoms. The topological polar surface area (TPSA) is 44.5 Å². The average molecular weight is 326 g/mol. The molecule has 0 aliphatic heterocycles. The number of methoxy groups -OCH3 is 1. The molecule has 0 amide bonds. The Bertz CT molecular complexity index is 590. The fourth-order valence-corrected chi connectivity index (χ4v) is 2.02. The van der Waals surface area contributed by atoms with E-state index in [1.165, 1.54) is 13.2 Å². The Morgan fingerprint density at radius 2 is 1.95 bits per heavy atom. The summed E-state index contributed by atoms with van der Waals surface area (Å²) in [5.41, 5.74) is 6.70. The zero-order valence-electron chi connectivity index (χ0n) is 10.3. The summed E-state index contributed by atoms with van der Waals surface area (Å²) in [6.45, 7) is 0.117. The third-order valence-electron chi connectivity index (χ3n) is 2.58. The summed E-state index contributed by atoms with van der Waals surface area (Å²) in [6.07, 6.45) is 0. The average Bonchev–Trinajstić information content (AvgIpc) is 2.40.